The summed E-state index contributed by atoms with van der Waals surface area (Å²) in [6, 6.07) is 8.79. The zero-order valence-corrected chi connectivity index (χ0v) is 23.5. The number of amidine groups is 1. The van der Waals surface area contributed by atoms with Crippen LogP contribution in [-0.4, -0.2) is 64.5 Å². The van der Waals surface area contributed by atoms with Crippen LogP contribution in [0.2, 0.25) is 0 Å². The molecule has 4 rings (SSSR count). The minimum Gasteiger partial charge on any atom is -0.475 e. The lowest BCUT2D eigenvalue weighted by Crippen LogP contribution is -2.47. The largest absolute Gasteiger partial charge is 0.490 e. The number of amides is 1. The van der Waals surface area contributed by atoms with Crippen LogP contribution >= 0.6 is 0 Å². The standard InChI is InChI=1S/C22H23F3N4O5S2.C2HF3O2/c1-13-12-26-21(27-13)18(28-35(31,32)17-4-2-3-16(10-17)22(23,24)25)9-14-5-7-15(8-6-14)19-11-20(30)29-36(19,33)34;3-2(4,5)1(6)7/h2-8,10,13,18-19,28H,9,11-12H2,1H3,(H,26,27)(H,29,30);(H,6,7)/t13-,18?,19?;/m0./s1. The highest BCUT2D eigenvalue weighted by Gasteiger charge is 2.39. The number of carbonyl (C=O) groups excluding carboxylic acids is 1. The molecule has 2 aliphatic heterocycles. The van der Waals surface area contributed by atoms with Crippen LogP contribution < -0.4 is 14.8 Å². The number of hydrogen-bond donors (Lipinski definition) is 4. The SMILES string of the molecule is C[C@H]1CN=C(C(Cc2ccc(C3CC(=O)NS3(=O)=O)cc2)NS(=O)(=O)c2cccc(C(F)(F)F)c2)N1.O=C(O)C(F)(F)F. The number of sulfonamides is 2. The first kappa shape index (κ1) is 33.8. The van der Waals surface area contributed by atoms with Crippen LogP contribution in [0.15, 0.2) is 58.4 Å². The Morgan fingerprint density at radius 1 is 1.12 bits per heavy atom. The summed E-state index contributed by atoms with van der Waals surface area (Å²) >= 11 is 0. The lowest BCUT2D eigenvalue weighted by Gasteiger charge is -2.21. The Morgan fingerprint density at radius 3 is 2.19 bits per heavy atom. The van der Waals surface area contributed by atoms with Gasteiger partial charge in [0.05, 0.1) is 29.5 Å². The summed E-state index contributed by atoms with van der Waals surface area (Å²) in [5, 5.41) is 9.18. The molecule has 0 aliphatic carbocycles. The number of carboxylic acids is 1. The van der Waals surface area contributed by atoms with Crippen molar-refractivity contribution in [2.24, 2.45) is 4.99 Å². The quantitative estimate of drug-likeness (QED) is 0.329. The van der Waals surface area contributed by atoms with Gasteiger partial charge in [-0.25, -0.2) is 26.4 Å². The van der Waals surface area contributed by atoms with Gasteiger partial charge < -0.3 is 10.4 Å². The Hall–Kier alpha value is -3.71. The molecule has 2 aliphatic rings. The number of nitrogens with one attached hydrogen (secondary N) is 3. The molecule has 0 aromatic heterocycles. The second kappa shape index (κ2) is 12.5. The van der Waals surface area contributed by atoms with E-state index in [1.165, 1.54) is 0 Å². The van der Waals surface area contributed by atoms with Gasteiger partial charge in [-0.15, -0.1) is 0 Å². The van der Waals surface area contributed by atoms with Crippen molar-refractivity contribution < 1.29 is 57.9 Å². The van der Waals surface area contributed by atoms with Gasteiger partial charge in [0, 0.05) is 6.04 Å². The van der Waals surface area contributed by atoms with Crippen LogP contribution in [0.5, 0.6) is 0 Å². The Bertz CT molecular complexity index is 1610. The maximum Gasteiger partial charge on any atom is 0.490 e. The van der Waals surface area contributed by atoms with E-state index in [1.54, 1.807) is 24.3 Å². The van der Waals surface area contributed by atoms with E-state index < -0.39 is 66.0 Å². The first-order valence-electron chi connectivity index (χ1n) is 12.1. The highest BCUT2D eigenvalue weighted by molar-refractivity contribution is 7.90. The summed E-state index contributed by atoms with van der Waals surface area (Å²) in [6.45, 7) is 2.25. The minimum atomic E-state index is -5.08. The van der Waals surface area contributed by atoms with Crippen molar-refractivity contribution in [1.82, 2.24) is 14.8 Å². The van der Waals surface area contributed by atoms with Crippen LogP contribution in [-0.2, 0) is 42.2 Å². The summed E-state index contributed by atoms with van der Waals surface area (Å²) in [5.74, 6) is -3.00. The molecule has 2 aromatic carbocycles. The van der Waals surface area contributed by atoms with E-state index in [1.807, 2.05) is 11.6 Å². The Kier molecular flexibility index (Phi) is 9.81. The molecule has 2 heterocycles. The number of halogens is 6. The van der Waals surface area contributed by atoms with Crippen molar-refractivity contribution in [3.05, 3.63) is 65.2 Å². The highest BCUT2D eigenvalue weighted by atomic mass is 32.2. The van der Waals surface area contributed by atoms with E-state index in [4.69, 9.17) is 9.90 Å². The van der Waals surface area contributed by atoms with E-state index in [9.17, 15) is 48.0 Å². The summed E-state index contributed by atoms with van der Waals surface area (Å²) < 4.78 is 126. The molecule has 3 atom stereocenters. The average Bonchev–Trinajstić information content (AvgIpc) is 3.44. The number of hydrogen-bond acceptors (Lipinski definition) is 8. The molecule has 43 heavy (non-hydrogen) atoms. The first-order chi connectivity index (χ1) is 19.7. The number of benzene rings is 2. The summed E-state index contributed by atoms with van der Waals surface area (Å²) in [5.41, 5.74) is -0.0605. The highest BCUT2D eigenvalue weighted by Crippen LogP contribution is 2.31. The molecular formula is C24H24F6N4O7S2. The molecule has 0 saturated carbocycles. The zero-order chi connectivity index (χ0) is 32.4. The number of nitrogens with zero attached hydrogens (tertiary/aromatic N) is 1. The molecule has 0 radical (unpaired) electrons. The van der Waals surface area contributed by atoms with Gasteiger partial charge in [0.25, 0.3) is 0 Å². The molecule has 0 bridgehead atoms. The van der Waals surface area contributed by atoms with Crippen LogP contribution in [0.4, 0.5) is 26.3 Å². The third-order valence-corrected chi connectivity index (χ3v) is 9.23. The zero-order valence-electron chi connectivity index (χ0n) is 21.9. The van der Waals surface area contributed by atoms with Gasteiger partial charge in [-0.1, -0.05) is 30.3 Å². The van der Waals surface area contributed by atoms with Crippen molar-refractivity contribution in [1.29, 1.82) is 0 Å². The minimum absolute atomic E-state index is 0.0550. The van der Waals surface area contributed by atoms with Crippen molar-refractivity contribution >= 4 is 37.8 Å². The molecular weight excluding hydrogens is 634 g/mol. The second-order valence-electron chi connectivity index (χ2n) is 9.48. The molecule has 2 aromatic rings. The number of aliphatic carboxylic acids is 1. The third-order valence-electron chi connectivity index (χ3n) is 6.06. The molecule has 2 unspecified atom stereocenters. The molecule has 1 fully saturated rings. The summed E-state index contributed by atoms with van der Waals surface area (Å²) in [4.78, 5) is 24.2. The number of carbonyl (C=O) groups is 2. The number of alkyl halides is 6. The van der Waals surface area contributed by atoms with E-state index in [0.717, 1.165) is 18.2 Å². The van der Waals surface area contributed by atoms with Gasteiger partial charge in [0.15, 0.2) is 0 Å². The van der Waals surface area contributed by atoms with Gasteiger partial charge in [-0.3, -0.25) is 14.5 Å². The van der Waals surface area contributed by atoms with E-state index >= 15 is 0 Å². The molecule has 1 saturated heterocycles. The Morgan fingerprint density at radius 2 is 1.72 bits per heavy atom. The smallest absolute Gasteiger partial charge is 0.475 e. The first-order valence-corrected chi connectivity index (χ1v) is 15.2. The summed E-state index contributed by atoms with van der Waals surface area (Å²) in [6.07, 6.45) is -9.89. The van der Waals surface area contributed by atoms with Crippen molar-refractivity contribution in [2.75, 3.05) is 6.54 Å². The van der Waals surface area contributed by atoms with Gasteiger partial charge >= 0.3 is 18.3 Å². The topological polar surface area (TPSA) is 171 Å². The third kappa shape index (κ3) is 8.90. The molecule has 236 valence electrons. The Labute approximate surface area is 241 Å². The van der Waals surface area contributed by atoms with Crippen molar-refractivity contribution in [3.63, 3.8) is 0 Å². The van der Waals surface area contributed by atoms with Gasteiger partial charge in [0.1, 0.15) is 11.1 Å². The predicted molar refractivity (Wildman–Crippen MR) is 139 cm³/mol. The maximum atomic E-state index is 13.1. The van der Waals surface area contributed by atoms with E-state index in [0.29, 0.717) is 29.6 Å². The van der Waals surface area contributed by atoms with Crippen LogP contribution in [0.3, 0.4) is 0 Å². The van der Waals surface area contributed by atoms with E-state index in [2.05, 4.69) is 15.0 Å². The molecule has 19 heteroatoms. The summed E-state index contributed by atoms with van der Waals surface area (Å²) in [7, 11) is -8.17. The fourth-order valence-corrected chi connectivity index (χ4v) is 6.70. The van der Waals surface area contributed by atoms with E-state index in [-0.39, 0.29) is 18.9 Å². The number of rotatable bonds is 7. The lowest BCUT2D eigenvalue weighted by atomic mass is 10.0. The lowest BCUT2D eigenvalue weighted by molar-refractivity contribution is -0.192. The molecule has 0 spiro atoms. The number of carboxylic acid groups (broad SMARTS) is 1. The fourth-order valence-electron chi connectivity index (χ4n) is 4.03. The van der Waals surface area contributed by atoms with Gasteiger partial charge in [-0.2, -0.15) is 26.3 Å². The van der Waals surface area contributed by atoms with Gasteiger partial charge in [0.2, 0.25) is 26.0 Å². The molecule has 11 nitrogen and oxygen atoms in total. The monoisotopic (exact) mass is 658 g/mol. The molecule has 1 amide bonds. The maximum absolute atomic E-state index is 13.1. The van der Waals surface area contributed by atoms with Gasteiger partial charge in [-0.05, 0) is 42.7 Å². The van der Waals surface area contributed by atoms with Crippen LogP contribution in [0, 0.1) is 0 Å². The average molecular weight is 659 g/mol. The van der Waals surface area contributed by atoms with Crippen molar-refractivity contribution in [2.45, 2.75) is 54.3 Å². The van der Waals surface area contributed by atoms with Crippen LogP contribution in [0.25, 0.3) is 0 Å². The molecule has 4 N–H and O–H groups in total. The number of aliphatic imine (C=N–C) groups is 1. The fraction of sp³-hybridized carbons (Fsp3) is 0.375. The second-order valence-corrected chi connectivity index (χ2v) is 13.1. The van der Waals surface area contributed by atoms with Crippen molar-refractivity contribution in [3.8, 4) is 0 Å². The normalized spacial score (nSPS) is 20.7. The Balaban J connectivity index is 0.000000646. The van der Waals surface area contributed by atoms with Crippen LogP contribution in [0.1, 0.15) is 35.3 Å². The predicted octanol–water partition coefficient (Wildman–Crippen LogP) is 2.51.